The lowest BCUT2D eigenvalue weighted by molar-refractivity contribution is 0.525. The predicted molar refractivity (Wildman–Crippen MR) is 62.0 cm³/mol. The van der Waals surface area contributed by atoms with Crippen molar-refractivity contribution in [2.24, 2.45) is 0 Å². The van der Waals surface area contributed by atoms with Crippen molar-refractivity contribution in [3.63, 3.8) is 0 Å². The average molecular weight is 236 g/mol. The topological polar surface area (TPSA) is 77.8 Å². The highest BCUT2D eigenvalue weighted by molar-refractivity contribution is 7.98. The molecule has 0 amide bonds. The van der Waals surface area contributed by atoms with E-state index in [-0.39, 0.29) is 0 Å². The molecular formula is C10H12N4OS. The van der Waals surface area contributed by atoms with E-state index in [1.165, 1.54) is 18.2 Å². The van der Waals surface area contributed by atoms with Crippen LogP contribution in [-0.2, 0) is 5.75 Å². The summed E-state index contributed by atoms with van der Waals surface area (Å²) in [6.45, 7) is 3.78. The normalized spacial score (nSPS) is 10.6. The third-order valence-corrected chi connectivity index (χ3v) is 2.89. The summed E-state index contributed by atoms with van der Waals surface area (Å²) in [5.41, 5.74) is 7.42. The first-order chi connectivity index (χ1) is 7.65. The van der Waals surface area contributed by atoms with Crippen molar-refractivity contribution >= 4 is 17.6 Å². The van der Waals surface area contributed by atoms with Crippen molar-refractivity contribution in [1.29, 1.82) is 0 Å². The molecule has 0 atom stereocenters. The van der Waals surface area contributed by atoms with Gasteiger partial charge in [0.1, 0.15) is 11.6 Å². The van der Waals surface area contributed by atoms with Gasteiger partial charge in [-0.15, -0.1) is 0 Å². The molecule has 2 aromatic rings. The number of aryl methyl sites for hydroxylation is 2. The van der Waals surface area contributed by atoms with Gasteiger partial charge in [-0.25, -0.2) is 15.0 Å². The molecule has 0 fully saturated rings. The lowest BCUT2D eigenvalue weighted by atomic mass is 10.4. The van der Waals surface area contributed by atoms with Gasteiger partial charge in [-0.3, -0.25) is 0 Å². The first-order valence-corrected chi connectivity index (χ1v) is 5.76. The zero-order valence-electron chi connectivity index (χ0n) is 9.10. The largest absolute Gasteiger partial charge is 0.448 e. The summed E-state index contributed by atoms with van der Waals surface area (Å²) in [5, 5.41) is 0.667. The molecule has 2 N–H and O–H groups in total. The van der Waals surface area contributed by atoms with Crippen molar-refractivity contribution < 1.29 is 4.42 Å². The molecular weight excluding hydrogens is 224 g/mol. The highest BCUT2D eigenvalue weighted by atomic mass is 32.2. The molecule has 0 radical (unpaired) electrons. The fourth-order valence-corrected chi connectivity index (χ4v) is 2.15. The number of nitrogens with two attached hydrogens (primary N) is 1. The first kappa shape index (κ1) is 10.9. The molecule has 84 valence electrons. The van der Waals surface area contributed by atoms with E-state index in [1.807, 2.05) is 13.8 Å². The van der Waals surface area contributed by atoms with Crippen LogP contribution < -0.4 is 5.73 Å². The maximum absolute atomic E-state index is 5.64. The minimum Gasteiger partial charge on any atom is -0.448 e. The quantitative estimate of drug-likeness (QED) is 0.648. The summed E-state index contributed by atoms with van der Waals surface area (Å²) < 4.78 is 5.11. The van der Waals surface area contributed by atoms with Gasteiger partial charge in [-0.2, -0.15) is 0 Å². The molecule has 0 spiro atoms. The van der Waals surface area contributed by atoms with Crippen molar-refractivity contribution in [2.45, 2.75) is 24.8 Å². The summed E-state index contributed by atoms with van der Waals surface area (Å²) in [7, 11) is 0. The van der Waals surface area contributed by atoms with Gasteiger partial charge in [0.2, 0.25) is 0 Å². The summed E-state index contributed by atoms with van der Waals surface area (Å²) >= 11 is 1.50. The third-order valence-electron chi connectivity index (χ3n) is 2.04. The molecule has 0 aromatic carbocycles. The number of rotatable bonds is 3. The molecule has 0 saturated heterocycles. The van der Waals surface area contributed by atoms with E-state index >= 15 is 0 Å². The van der Waals surface area contributed by atoms with E-state index in [2.05, 4.69) is 15.0 Å². The molecule has 0 bridgehead atoms. The van der Waals surface area contributed by atoms with Crippen molar-refractivity contribution in [1.82, 2.24) is 15.0 Å². The number of oxazole rings is 1. The summed E-state index contributed by atoms with van der Waals surface area (Å²) in [5.74, 6) is 2.01. The molecule has 5 nitrogen and oxygen atoms in total. The molecule has 0 unspecified atom stereocenters. The van der Waals surface area contributed by atoms with Crippen molar-refractivity contribution in [3.8, 4) is 0 Å². The van der Waals surface area contributed by atoms with E-state index in [0.29, 0.717) is 16.7 Å². The number of hydrogen-bond donors (Lipinski definition) is 1. The Balaban J connectivity index is 2.07. The molecule has 0 saturated carbocycles. The first-order valence-electron chi connectivity index (χ1n) is 4.78. The van der Waals surface area contributed by atoms with E-state index in [0.717, 1.165) is 17.1 Å². The van der Waals surface area contributed by atoms with Gasteiger partial charge in [0.25, 0.3) is 0 Å². The van der Waals surface area contributed by atoms with E-state index < -0.39 is 0 Å². The fourth-order valence-electron chi connectivity index (χ4n) is 1.23. The summed E-state index contributed by atoms with van der Waals surface area (Å²) in [4.78, 5) is 12.5. The predicted octanol–water partition coefficient (Wildman–Crippen LogP) is 1.96. The average Bonchev–Trinajstić information content (AvgIpc) is 2.59. The zero-order chi connectivity index (χ0) is 11.5. The zero-order valence-corrected chi connectivity index (χ0v) is 9.91. The molecule has 2 rings (SSSR count). The Labute approximate surface area is 97.5 Å². The second kappa shape index (κ2) is 4.52. The van der Waals surface area contributed by atoms with Gasteiger partial charge in [0.05, 0.1) is 5.69 Å². The van der Waals surface area contributed by atoms with Crippen LogP contribution in [0.25, 0.3) is 0 Å². The standard InChI is InChI=1S/C10H12N4OS/c1-6-3-9(11)14-10(13-6)16-4-8-7(2)15-5-12-8/h3,5H,4H2,1-2H3,(H2,11,13,14). The van der Waals surface area contributed by atoms with E-state index in [1.54, 1.807) is 6.07 Å². The summed E-state index contributed by atoms with van der Waals surface area (Å²) in [6.07, 6.45) is 1.44. The van der Waals surface area contributed by atoms with Crippen LogP contribution in [0.5, 0.6) is 0 Å². The van der Waals surface area contributed by atoms with Crippen LogP contribution in [0.2, 0.25) is 0 Å². The molecule has 0 aliphatic heterocycles. The Morgan fingerprint density at radius 3 is 2.81 bits per heavy atom. The second-order valence-corrected chi connectivity index (χ2v) is 4.30. The van der Waals surface area contributed by atoms with E-state index in [9.17, 15) is 0 Å². The molecule has 0 aliphatic rings. The van der Waals surface area contributed by atoms with Crippen molar-refractivity contribution in [3.05, 3.63) is 29.6 Å². The number of aromatic nitrogens is 3. The van der Waals surface area contributed by atoms with Crippen LogP contribution in [0.4, 0.5) is 5.82 Å². The molecule has 16 heavy (non-hydrogen) atoms. The molecule has 6 heteroatoms. The molecule has 2 aromatic heterocycles. The SMILES string of the molecule is Cc1cc(N)nc(SCc2ncoc2C)n1. The highest BCUT2D eigenvalue weighted by Crippen LogP contribution is 2.21. The Morgan fingerprint density at radius 2 is 2.19 bits per heavy atom. The minimum atomic E-state index is 0.492. The van der Waals surface area contributed by atoms with Gasteiger partial charge in [-0.05, 0) is 13.8 Å². The highest BCUT2D eigenvalue weighted by Gasteiger charge is 2.06. The second-order valence-electron chi connectivity index (χ2n) is 3.36. The Bertz CT molecular complexity index is 477. The van der Waals surface area contributed by atoms with Gasteiger partial charge < -0.3 is 10.2 Å². The fraction of sp³-hybridized carbons (Fsp3) is 0.300. The lowest BCUT2D eigenvalue weighted by Crippen LogP contribution is -1.97. The smallest absolute Gasteiger partial charge is 0.190 e. The van der Waals surface area contributed by atoms with Crippen LogP contribution in [0.1, 0.15) is 17.1 Å². The number of hydrogen-bond acceptors (Lipinski definition) is 6. The molecule has 0 aliphatic carbocycles. The monoisotopic (exact) mass is 236 g/mol. The van der Waals surface area contributed by atoms with Crippen molar-refractivity contribution in [2.75, 3.05) is 5.73 Å². The number of nitrogen functional groups attached to an aromatic ring is 1. The van der Waals surface area contributed by atoms with E-state index in [4.69, 9.17) is 10.2 Å². The Hall–Kier alpha value is -1.56. The number of nitrogens with zero attached hydrogens (tertiary/aromatic N) is 3. The van der Waals surface area contributed by atoms with Crippen LogP contribution in [0, 0.1) is 13.8 Å². The van der Waals surface area contributed by atoms with Gasteiger partial charge in [-0.1, -0.05) is 11.8 Å². The van der Waals surface area contributed by atoms with Crippen LogP contribution in [0.3, 0.4) is 0 Å². The third kappa shape index (κ3) is 2.52. The van der Waals surface area contributed by atoms with Gasteiger partial charge >= 0.3 is 0 Å². The Morgan fingerprint density at radius 1 is 1.38 bits per heavy atom. The summed E-state index contributed by atoms with van der Waals surface area (Å²) in [6, 6.07) is 1.74. The maximum Gasteiger partial charge on any atom is 0.190 e. The Kier molecular flexibility index (Phi) is 3.09. The maximum atomic E-state index is 5.64. The molecule has 2 heterocycles. The minimum absolute atomic E-state index is 0.492. The van der Waals surface area contributed by atoms with Crippen LogP contribution in [-0.4, -0.2) is 15.0 Å². The van der Waals surface area contributed by atoms with Crippen LogP contribution >= 0.6 is 11.8 Å². The van der Waals surface area contributed by atoms with Gasteiger partial charge in [0.15, 0.2) is 11.6 Å². The lowest BCUT2D eigenvalue weighted by Gasteiger charge is -2.01. The number of thioether (sulfide) groups is 1. The van der Waals surface area contributed by atoms with Crippen LogP contribution in [0.15, 0.2) is 22.0 Å². The number of anilines is 1. The van der Waals surface area contributed by atoms with Gasteiger partial charge in [0, 0.05) is 17.5 Å².